The maximum Gasteiger partial charge on any atom is 0.246 e. The molecule has 1 aromatic heterocycles. The highest BCUT2D eigenvalue weighted by Crippen LogP contribution is 2.15. The van der Waals surface area contributed by atoms with Crippen LogP contribution >= 0.6 is 24.0 Å². The van der Waals surface area contributed by atoms with Crippen molar-refractivity contribution < 1.29 is 9.21 Å². The number of aliphatic imine (C=N–C) groups is 1. The molecule has 2 aromatic rings. The molecule has 0 aliphatic carbocycles. The maximum atomic E-state index is 12.1. The lowest BCUT2D eigenvalue weighted by Crippen LogP contribution is -2.37. The standard InChI is InChI=1S/C18H24N4O2.HI/c1-3-14-8-5-6-10-16(14)22-17(23)13-21-18(19-4-2)20-12-15-9-7-11-24-15;/h5-11H,3-4,12-13H2,1-2H3,(H,22,23)(H2,19,20,21);1H. The Morgan fingerprint density at radius 1 is 1.12 bits per heavy atom. The Morgan fingerprint density at radius 3 is 2.60 bits per heavy atom. The van der Waals surface area contributed by atoms with E-state index in [0.29, 0.717) is 19.0 Å². The highest BCUT2D eigenvalue weighted by atomic mass is 127. The minimum Gasteiger partial charge on any atom is -0.467 e. The summed E-state index contributed by atoms with van der Waals surface area (Å²) < 4.78 is 5.27. The van der Waals surface area contributed by atoms with Crippen LogP contribution in [0, 0.1) is 0 Å². The first-order valence-electron chi connectivity index (χ1n) is 8.15. The number of nitrogens with one attached hydrogen (secondary N) is 3. The second-order valence-corrected chi connectivity index (χ2v) is 5.19. The van der Waals surface area contributed by atoms with Gasteiger partial charge >= 0.3 is 0 Å². The summed E-state index contributed by atoms with van der Waals surface area (Å²) in [6, 6.07) is 11.5. The van der Waals surface area contributed by atoms with Crippen molar-refractivity contribution in [1.82, 2.24) is 10.6 Å². The highest BCUT2D eigenvalue weighted by Gasteiger charge is 2.06. The summed E-state index contributed by atoms with van der Waals surface area (Å²) in [5, 5.41) is 9.14. The van der Waals surface area contributed by atoms with Crippen molar-refractivity contribution in [2.24, 2.45) is 4.99 Å². The molecule has 2 rings (SSSR count). The van der Waals surface area contributed by atoms with Gasteiger partial charge in [0.05, 0.1) is 12.8 Å². The number of carbonyl (C=O) groups excluding carboxylic acids is 1. The van der Waals surface area contributed by atoms with Crippen LogP contribution in [0.1, 0.15) is 25.2 Å². The number of rotatable bonds is 7. The van der Waals surface area contributed by atoms with E-state index < -0.39 is 0 Å². The number of nitrogens with zero attached hydrogens (tertiary/aromatic N) is 1. The zero-order valence-corrected chi connectivity index (χ0v) is 16.9. The second-order valence-electron chi connectivity index (χ2n) is 5.19. The molecule has 0 spiro atoms. The fraction of sp³-hybridized carbons (Fsp3) is 0.333. The van der Waals surface area contributed by atoms with E-state index in [1.165, 1.54) is 0 Å². The molecule has 1 amide bonds. The molecular formula is C18H25IN4O2. The first-order valence-corrected chi connectivity index (χ1v) is 8.15. The van der Waals surface area contributed by atoms with E-state index in [2.05, 4.69) is 27.9 Å². The zero-order chi connectivity index (χ0) is 17.2. The summed E-state index contributed by atoms with van der Waals surface area (Å²) >= 11 is 0. The molecular weight excluding hydrogens is 431 g/mol. The third-order valence-corrected chi connectivity index (χ3v) is 3.41. The number of benzene rings is 1. The van der Waals surface area contributed by atoms with Gasteiger partial charge in [-0.1, -0.05) is 25.1 Å². The number of halogens is 1. The van der Waals surface area contributed by atoms with Crippen molar-refractivity contribution in [2.45, 2.75) is 26.8 Å². The summed E-state index contributed by atoms with van der Waals surface area (Å²) in [5.41, 5.74) is 1.95. The van der Waals surface area contributed by atoms with Gasteiger partial charge in [0.15, 0.2) is 5.96 Å². The second kappa shape index (κ2) is 11.5. The Morgan fingerprint density at radius 2 is 1.92 bits per heavy atom. The lowest BCUT2D eigenvalue weighted by atomic mass is 10.1. The van der Waals surface area contributed by atoms with Crippen molar-refractivity contribution in [1.29, 1.82) is 0 Å². The molecule has 0 unspecified atom stereocenters. The molecule has 1 aromatic carbocycles. The fourth-order valence-corrected chi connectivity index (χ4v) is 2.22. The maximum absolute atomic E-state index is 12.1. The van der Waals surface area contributed by atoms with Gasteiger partial charge in [0.1, 0.15) is 12.3 Å². The molecule has 7 heteroatoms. The van der Waals surface area contributed by atoms with E-state index in [-0.39, 0.29) is 36.4 Å². The van der Waals surface area contributed by atoms with Crippen LogP contribution in [0.15, 0.2) is 52.1 Å². The summed E-state index contributed by atoms with van der Waals surface area (Å²) in [6.07, 6.45) is 2.49. The van der Waals surface area contributed by atoms with Gasteiger partial charge in [0.25, 0.3) is 0 Å². The number of furan rings is 1. The Bertz CT molecular complexity index is 671. The topological polar surface area (TPSA) is 78.7 Å². The van der Waals surface area contributed by atoms with Crippen LogP contribution in [0.2, 0.25) is 0 Å². The number of hydrogen-bond donors (Lipinski definition) is 3. The van der Waals surface area contributed by atoms with Gasteiger partial charge in [-0.25, -0.2) is 4.99 Å². The first-order chi connectivity index (χ1) is 11.7. The number of amides is 1. The largest absolute Gasteiger partial charge is 0.467 e. The lowest BCUT2D eigenvalue weighted by Gasteiger charge is -2.11. The fourth-order valence-electron chi connectivity index (χ4n) is 2.22. The zero-order valence-electron chi connectivity index (χ0n) is 14.5. The van der Waals surface area contributed by atoms with E-state index >= 15 is 0 Å². The Labute approximate surface area is 165 Å². The van der Waals surface area contributed by atoms with E-state index in [0.717, 1.165) is 23.4 Å². The predicted molar refractivity (Wildman–Crippen MR) is 111 cm³/mol. The van der Waals surface area contributed by atoms with Gasteiger partial charge in [0.2, 0.25) is 5.91 Å². The number of guanidine groups is 1. The average Bonchev–Trinajstić information content (AvgIpc) is 3.11. The molecule has 0 aliphatic rings. The Hall–Kier alpha value is -2.03. The molecule has 3 N–H and O–H groups in total. The third-order valence-electron chi connectivity index (χ3n) is 3.41. The monoisotopic (exact) mass is 456 g/mol. The third kappa shape index (κ3) is 7.16. The van der Waals surface area contributed by atoms with Crippen LogP contribution in [0.5, 0.6) is 0 Å². The quantitative estimate of drug-likeness (QED) is 0.340. The van der Waals surface area contributed by atoms with Crippen molar-refractivity contribution in [3.8, 4) is 0 Å². The predicted octanol–water partition coefficient (Wildman–Crippen LogP) is 3.15. The van der Waals surface area contributed by atoms with Crippen LogP contribution in [0.3, 0.4) is 0 Å². The van der Waals surface area contributed by atoms with E-state index in [4.69, 9.17) is 4.42 Å². The normalized spacial score (nSPS) is 10.7. The number of para-hydroxylation sites is 1. The molecule has 6 nitrogen and oxygen atoms in total. The summed E-state index contributed by atoms with van der Waals surface area (Å²) in [5.74, 6) is 1.24. The summed E-state index contributed by atoms with van der Waals surface area (Å²) in [6.45, 7) is 5.31. The molecule has 136 valence electrons. The van der Waals surface area contributed by atoms with Crippen LogP contribution in [0.4, 0.5) is 5.69 Å². The van der Waals surface area contributed by atoms with Crippen LogP contribution in [-0.2, 0) is 17.8 Å². The number of aryl methyl sites for hydroxylation is 1. The molecule has 0 saturated carbocycles. The molecule has 1 heterocycles. The molecule has 25 heavy (non-hydrogen) atoms. The molecule has 0 radical (unpaired) electrons. The SMILES string of the molecule is CCNC(=NCC(=O)Nc1ccccc1CC)NCc1ccco1.I. The van der Waals surface area contributed by atoms with Crippen molar-refractivity contribution in [3.05, 3.63) is 54.0 Å². The first kappa shape index (κ1) is 21.0. The van der Waals surface area contributed by atoms with Gasteiger partial charge in [-0.15, -0.1) is 24.0 Å². The molecule has 0 bridgehead atoms. The number of anilines is 1. The van der Waals surface area contributed by atoms with Gasteiger partial charge in [0, 0.05) is 12.2 Å². The van der Waals surface area contributed by atoms with E-state index in [9.17, 15) is 4.79 Å². The van der Waals surface area contributed by atoms with Crippen molar-refractivity contribution >= 4 is 41.5 Å². The lowest BCUT2D eigenvalue weighted by molar-refractivity contribution is -0.114. The summed E-state index contributed by atoms with van der Waals surface area (Å²) in [4.78, 5) is 16.4. The van der Waals surface area contributed by atoms with Crippen molar-refractivity contribution in [2.75, 3.05) is 18.4 Å². The average molecular weight is 456 g/mol. The minimum absolute atomic E-state index is 0. The molecule has 0 saturated heterocycles. The molecule has 0 fully saturated rings. The van der Waals surface area contributed by atoms with Crippen LogP contribution in [-0.4, -0.2) is 25.0 Å². The Balaban J connectivity index is 0.00000312. The molecule has 0 atom stereocenters. The Kier molecular flexibility index (Phi) is 9.68. The highest BCUT2D eigenvalue weighted by molar-refractivity contribution is 14.0. The smallest absolute Gasteiger partial charge is 0.246 e. The van der Waals surface area contributed by atoms with E-state index in [1.807, 2.05) is 43.3 Å². The van der Waals surface area contributed by atoms with Crippen LogP contribution in [0.25, 0.3) is 0 Å². The van der Waals surface area contributed by atoms with Gasteiger partial charge < -0.3 is 20.4 Å². The number of carbonyl (C=O) groups is 1. The van der Waals surface area contributed by atoms with Gasteiger partial charge in [-0.3, -0.25) is 4.79 Å². The van der Waals surface area contributed by atoms with E-state index in [1.54, 1.807) is 6.26 Å². The van der Waals surface area contributed by atoms with Crippen molar-refractivity contribution in [3.63, 3.8) is 0 Å². The van der Waals surface area contributed by atoms with Crippen LogP contribution < -0.4 is 16.0 Å². The van der Waals surface area contributed by atoms with Gasteiger partial charge in [-0.2, -0.15) is 0 Å². The minimum atomic E-state index is -0.147. The van der Waals surface area contributed by atoms with Gasteiger partial charge in [-0.05, 0) is 37.1 Å². The molecule has 0 aliphatic heterocycles. The number of hydrogen-bond acceptors (Lipinski definition) is 3. The summed E-state index contributed by atoms with van der Waals surface area (Å²) in [7, 11) is 0.